The monoisotopic (exact) mass is 432 g/mol. The van der Waals surface area contributed by atoms with Crippen molar-refractivity contribution in [2.24, 2.45) is 0 Å². The number of benzene rings is 2. The lowest BCUT2D eigenvalue weighted by atomic mass is 9.75. The third-order valence-corrected chi connectivity index (χ3v) is 5.59. The molecule has 1 spiro atoms. The molecule has 2 aliphatic rings. The fraction of sp³-hybridized carbons (Fsp3) is 0.273. The molecule has 2 aliphatic heterocycles. The van der Waals surface area contributed by atoms with Gasteiger partial charge in [-0.05, 0) is 55.8 Å². The molecule has 8 heteroatoms. The minimum absolute atomic E-state index is 0.105. The molecule has 0 aromatic heterocycles. The molecule has 0 unspecified atom stereocenters. The molecule has 2 aromatic rings. The Balaban J connectivity index is 0.000000275. The van der Waals surface area contributed by atoms with Gasteiger partial charge in [-0.1, -0.05) is 29.8 Å². The third kappa shape index (κ3) is 4.80. The van der Waals surface area contributed by atoms with Crippen molar-refractivity contribution in [1.29, 1.82) is 0 Å². The number of nitrogens with one attached hydrogen (secondary N) is 1. The molecule has 2 heterocycles. The van der Waals surface area contributed by atoms with Crippen LogP contribution in [-0.2, 0) is 15.0 Å². The van der Waals surface area contributed by atoms with E-state index in [1.54, 1.807) is 6.07 Å². The van der Waals surface area contributed by atoms with Gasteiger partial charge in [0.1, 0.15) is 5.82 Å². The van der Waals surface area contributed by atoms with Crippen molar-refractivity contribution in [1.82, 2.24) is 5.32 Å². The average molecular weight is 433 g/mol. The second-order valence-corrected chi connectivity index (χ2v) is 7.68. The molecule has 30 heavy (non-hydrogen) atoms. The maximum atomic E-state index is 14.3. The molecule has 158 valence electrons. The van der Waals surface area contributed by atoms with Gasteiger partial charge in [0.2, 0.25) is 0 Å². The van der Waals surface area contributed by atoms with Gasteiger partial charge in [0.25, 0.3) is 0 Å². The van der Waals surface area contributed by atoms with Crippen LogP contribution in [0.2, 0.25) is 5.02 Å². The summed E-state index contributed by atoms with van der Waals surface area (Å²) < 4.78 is 14.3. The Morgan fingerprint density at radius 1 is 1.03 bits per heavy atom. The Kier molecular flexibility index (Phi) is 6.74. The lowest BCUT2D eigenvalue weighted by molar-refractivity contribution is -0.134. The molecule has 0 amide bonds. The maximum Gasteiger partial charge on any atom is 0.328 e. The number of halogens is 2. The summed E-state index contributed by atoms with van der Waals surface area (Å²) in [6, 6.07) is 13.0. The molecule has 6 nitrogen and oxygen atoms in total. The summed E-state index contributed by atoms with van der Waals surface area (Å²) in [5.41, 5.74) is 3.11. The number of anilines is 2. The number of carboxylic acid groups (broad SMARTS) is 2. The smallest absolute Gasteiger partial charge is 0.328 e. The predicted molar refractivity (Wildman–Crippen MR) is 113 cm³/mol. The van der Waals surface area contributed by atoms with Crippen molar-refractivity contribution in [3.05, 3.63) is 71.0 Å². The summed E-state index contributed by atoms with van der Waals surface area (Å²) in [5, 5.41) is 19.7. The normalized spacial score (nSPS) is 16.8. The minimum Gasteiger partial charge on any atom is -0.478 e. The van der Waals surface area contributed by atoms with Gasteiger partial charge < -0.3 is 20.4 Å². The van der Waals surface area contributed by atoms with Crippen LogP contribution in [0.3, 0.4) is 0 Å². The molecule has 1 fully saturated rings. The van der Waals surface area contributed by atoms with Crippen LogP contribution in [0.25, 0.3) is 0 Å². The second kappa shape index (κ2) is 9.28. The molecule has 0 bridgehead atoms. The largest absolute Gasteiger partial charge is 0.478 e. The molecule has 4 rings (SSSR count). The van der Waals surface area contributed by atoms with Crippen LogP contribution < -0.4 is 10.2 Å². The van der Waals surface area contributed by atoms with E-state index in [0.717, 1.165) is 38.2 Å². The van der Waals surface area contributed by atoms with Crippen LogP contribution in [0.15, 0.2) is 54.6 Å². The number of hydrogen-bond donors (Lipinski definition) is 3. The van der Waals surface area contributed by atoms with E-state index in [9.17, 15) is 14.0 Å². The number of hydrogen-bond acceptors (Lipinski definition) is 4. The number of para-hydroxylation sites is 1. The first kappa shape index (κ1) is 21.8. The van der Waals surface area contributed by atoms with Crippen LogP contribution in [0, 0.1) is 5.82 Å². The van der Waals surface area contributed by atoms with Crippen LogP contribution in [0.5, 0.6) is 0 Å². The van der Waals surface area contributed by atoms with Crippen molar-refractivity contribution >= 4 is 34.9 Å². The summed E-state index contributed by atoms with van der Waals surface area (Å²) in [7, 11) is 0. The Labute approximate surface area is 178 Å². The molecule has 1 saturated heterocycles. The van der Waals surface area contributed by atoms with Crippen LogP contribution in [0.4, 0.5) is 15.8 Å². The fourth-order valence-electron chi connectivity index (χ4n) is 4.01. The highest BCUT2D eigenvalue weighted by molar-refractivity contribution is 6.31. The van der Waals surface area contributed by atoms with E-state index >= 15 is 0 Å². The van der Waals surface area contributed by atoms with E-state index in [1.807, 2.05) is 24.3 Å². The van der Waals surface area contributed by atoms with Gasteiger partial charge in [-0.2, -0.15) is 0 Å². The molecule has 3 N–H and O–H groups in total. The molecule has 2 aromatic carbocycles. The zero-order valence-electron chi connectivity index (χ0n) is 16.1. The van der Waals surface area contributed by atoms with Gasteiger partial charge in [-0.15, -0.1) is 0 Å². The number of aliphatic carboxylic acids is 2. The quantitative estimate of drug-likeness (QED) is 0.636. The molecular formula is C22H22ClFN2O4. The molecule has 0 aliphatic carbocycles. The van der Waals surface area contributed by atoms with Gasteiger partial charge in [0.15, 0.2) is 0 Å². The number of piperidine rings is 1. The van der Waals surface area contributed by atoms with Crippen molar-refractivity contribution in [2.45, 2.75) is 18.3 Å². The zero-order valence-corrected chi connectivity index (χ0v) is 16.9. The van der Waals surface area contributed by atoms with E-state index in [1.165, 1.54) is 11.6 Å². The molecule has 0 atom stereocenters. The van der Waals surface area contributed by atoms with Crippen LogP contribution in [0.1, 0.15) is 18.4 Å². The highest BCUT2D eigenvalue weighted by Gasteiger charge is 2.44. The lowest BCUT2D eigenvalue weighted by Crippen LogP contribution is -2.42. The Bertz CT molecular complexity index is 957. The van der Waals surface area contributed by atoms with E-state index in [4.69, 9.17) is 21.8 Å². The summed E-state index contributed by atoms with van der Waals surface area (Å²) in [4.78, 5) is 21.2. The van der Waals surface area contributed by atoms with Gasteiger partial charge >= 0.3 is 11.9 Å². The summed E-state index contributed by atoms with van der Waals surface area (Å²) >= 11 is 6.21. The highest BCUT2D eigenvalue weighted by Crippen LogP contribution is 2.49. The Hall–Kier alpha value is -2.90. The standard InChI is InChI=1S/C18H18ClFN2.C4H4O4/c19-13-5-6-14-17(11-13)22(16-4-2-1-3-15(16)20)12-18(14)7-9-21-10-8-18;5-3(6)1-2-4(7)8/h1-6,11,21H,7-10,12H2;1-2H,(H,5,6)(H,7,8). The van der Waals surface area contributed by atoms with E-state index < -0.39 is 11.9 Å². The van der Waals surface area contributed by atoms with Crippen molar-refractivity contribution in [2.75, 3.05) is 24.5 Å². The summed E-state index contributed by atoms with van der Waals surface area (Å²) in [5.74, 6) is -2.70. The van der Waals surface area contributed by atoms with Crippen LogP contribution in [-0.4, -0.2) is 41.8 Å². The fourth-order valence-corrected chi connectivity index (χ4v) is 4.18. The van der Waals surface area contributed by atoms with Gasteiger partial charge in [0.05, 0.1) is 5.69 Å². The highest BCUT2D eigenvalue weighted by atomic mass is 35.5. The van der Waals surface area contributed by atoms with Gasteiger partial charge in [0, 0.05) is 34.8 Å². The lowest BCUT2D eigenvalue weighted by Gasteiger charge is -2.35. The number of carboxylic acids is 2. The third-order valence-electron chi connectivity index (χ3n) is 5.36. The minimum atomic E-state index is -1.26. The first-order valence-electron chi connectivity index (χ1n) is 9.49. The SMILES string of the molecule is Fc1ccccc1N1CC2(CCNCC2)c2ccc(Cl)cc21.O=C(O)C=CC(=O)O. The number of rotatable bonds is 3. The number of fused-ring (bicyclic) bond motifs is 2. The van der Waals surface area contributed by atoms with Gasteiger partial charge in [-0.25, -0.2) is 14.0 Å². The molecule has 0 saturated carbocycles. The molecular weight excluding hydrogens is 411 g/mol. The van der Waals surface area contributed by atoms with E-state index in [-0.39, 0.29) is 11.2 Å². The molecule has 0 radical (unpaired) electrons. The van der Waals surface area contributed by atoms with Gasteiger partial charge in [-0.3, -0.25) is 0 Å². The number of carbonyl (C=O) groups is 2. The maximum absolute atomic E-state index is 14.3. The van der Waals surface area contributed by atoms with Crippen molar-refractivity contribution in [3.63, 3.8) is 0 Å². The topological polar surface area (TPSA) is 89.9 Å². The number of nitrogens with zero attached hydrogens (tertiary/aromatic N) is 1. The predicted octanol–water partition coefficient (Wildman–Crippen LogP) is 3.96. The zero-order chi connectivity index (χ0) is 21.7. The van der Waals surface area contributed by atoms with E-state index in [2.05, 4.69) is 16.3 Å². The second-order valence-electron chi connectivity index (χ2n) is 7.24. The Morgan fingerprint density at radius 2 is 1.67 bits per heavy atom. The van der Waals surface area contributed by atoms with Crippen molar-refractivity contribution < 1.29 is 24.2 Å². The Morgan fingerprint density at radius 3 is 2.27 bits per heavy atom. The summed E-state index contributed by atoms with van der Waals surface area (Å²) in [6.07, 6.45) is 3.27. The van der Waals surface area contributed by atoms with Crippen LogP contribution >= 0.6 is 11.6 Å². The van der Waals surface area contributed by atoms with E-state index in [0.29, 0.717) is 22.9 Å². The average Bonchev–Trinajstić information content (AvgIpc) is 3.00. The first-order chi connectivity index (χ1) is 14.3. The summed E-state index contributed by atoms with van der Waals surface area (Å²) in [6.45, 7) is 2.84. The van der Waals surface area contributed by atoms with Crippen molar-refractivity contribution in [3.8, 4) is 0 Å². The first-order valence-corrected chi connectivity index (χ1v) is 9.87.